The molecule has 5 nitrogen and oxygen atoms in total. The number of carbonyl (C=O) groups is 1. The molecule has 0 saturated heterocycles. The summed E-state index contributed by atoms with van der Waals surface area (Å²) in [7, 11) is 0. The van der Waals surface area contributed by atoms with E-state index < -0.39 is 0 Å². The lowest BCUT2D eigenvalue weighted by molar-refractivity contribution is 0.0741. The molecule has 1 amide bonds. The maximum atomic E-state index is 12.5. The van der Waals surface area contributed by atoms with E-state index in [-0.39, 0.29) is 5.91 Å². The van der Waals surface area contributed by atoms with Crippen LogP contribution >= 0.6 is 0 Å². The van der Waals surface area contributed by atoms with Crippen LogP contribution in [0, 0.1) is 6.92 Å². The first-order chi connectivity index (χ1) is 9.70. The first-order valence-electron chi connectivity index (χ1n) is 6.64. The molecule has 0 atom stereocenters. The van der Waals surface area contributed by atoms with Crippen molar-refractivity contribution in [3.63, 3.8) is 0 Å². The lowest BCUT2D eigenvalue weighted by atomic mass is 10.2. The summed E-state index contributed by atoms with van der Waals surface area (Å²) >= 11 is 0. The fraction of sp³-hybridized carbons (Fsp3) is 0.333. The Morgan fingerprint density at radius 2 is 2.35 bits per heavy atom. The Balaban J connectivity index is 2.12. The molecular weight excluding hydrogens is 254 g/mol. The third-order valence-corrected chi connectivity index (χ3v) is 2.99. The highest BCUT2D eigenvalue weighted by molar-refractivity contribution is 5.94. The number of amides is 1. The van der Waals surface area contributed by atoms with Crippen molar-refractivity contribution >= 4 is 5.91 Å². The topological polar surface area (TPSA) is 72.4 Å². The van der Waals surface area contributed by atoms with Gasteiger partial charge in [0.1, 0.15) is 12.0 Å². The van der Waals surface area contributed by atoms with E-state index in [0.29, 0.717) is 25.2 Å². The Bertz CT molecular complexity index is 551. The van der Waals surface area contributed by atoms with E-state index in [0.717, 1.165) is 17.7 Å². The molecule has 0 unspecified atom stereocenters. The molecule has 2 aromatic heterocycles. The predicted molar refractivity (Wildman–Crippen MR) is 76.1 cm³/mol. The van der Waals surface area contributed by atoms with Gasteiger partial charge in [-0.3, -0.25) is 9.78 Å². The van der Waals surface area contributed by atoms with Crippen LogP contribution in [0.5, 0.6) is 0 Å². The minimum atomic E-state index is -0.0425. The van der Waals surface area contributed by atoms with Crippen molar-refractivity contribution in [1.29, 1.82) is 0 Å². The normalized spacial score (nSPS) is 10.5. The highest BCUT2D eigenvalue weighted by atomic mass is 16.3. The van der Waals surface area contributed by atoms with Gasteiger partial charge in [-0.2, -0.15) is 0 Å². The molecule has 106 valence electrons. The van der Waals surface area contributed by atoms with Crippen LogP contribution in [0.15, 0.2) is 41.3 Å². The van der Waals surface area contributed by atoms with Gasteiger partial charge < -0.3 is 15.1 Å². The van der Waals surface area contributed by atoms with Gasteiger partial charge in [-0.1, -0.05) is 6.07 Å². The SMILES string of the molecule is Cc1cc(C(=O)N(CCCN)Cc2cccnc2)co1. The van der Waals surface area contributed by atoms with E-state index >= 15 is 0 Å². The van der Waals surface area contributed by atoms with Crippen LogP contribution in [0.1, 0.15) is 28.1 Å². The van der Waals surface area contributed by atoms with E-state index in [1.807, 2.05) is 19.1 Å². The van der Waals surface area contributed by atoms with Crippen molar-refractivity contribution in [1.82, 2.24) is 9.88 Å². The number of nitrogens with zero attached hydrogens (tertiary/aromatic N) is 2. The summed E-state index contributed by atoms with van der Waals surface area (Å²) < 4.78 is 5.21. The van der Waals surface area contributed by atoms with Gasteiger partial charge in [0.25, 0.3) is 5.91 Å². The number of furan rings is 1. The number of carbonyl (C=O) groups excluding carboxylic acids is 1. The highest BCUT2D eigenvalue weighted by Gasteiger charge is 2.17. The molecule has 0 aliphatic carbocycles. The monoisotopic (exact) mass is 273 g/mol. The molecule has 2 N–H and O–H groups in total. The first kappa shape index (κ1) is 14.3. The van der Waals surface area contributed by atoms with E-state index in [1.54, 1.807) is 23.4 Å². The molecule has 2 heterocycles. The van der Waals surface area contributed by atoms with E-state index in [2.05, 4.69) is 4.98 Å². The van der Waals surface area contributed by atoms with Crippen LogP contribution in [-0.4, -0.2) is 28.9 Å². The van der Waals surface area contributed by atoms with Crippen molar-refractivity contribution < 1.29 is 9.21 Å². The van der Waals surface area contributed by atoms with Crippen LogP contribution in [0.2, 0.25) is 0 Å². The summed E-state index contributed by atoms with van der Waals surface area (Å²) in [5.41, 5.74) is 7.12. The number of hydrogen-bond acceptors (Lipinski definition) is 4. The molecule has 0 bridgehead atoms. The quantitative estimate of drug-likeness (QED) is 0.873. The number of aryl methyl sites for hydroxylation is 1. The molecule has 0 radical (unpaired) electrons. The van der Waals surface area contributed by atoms with Crippen LogP contribution in [0.25, 0.3) is 0 Å². The van der Waals surface area contributed by atoms with Crippen molar-refractivity contribution in [2.24, 2.45) is 5.73 Å². The van der Waals surface area contributed by atoms with Gasteiger partial charge in [-0.25, -0.2) is 0 Å². The third kappa shape index (κ3) is 3.68. The Kier molecular flexibility index (Phi) is 4.90. The van der Waals surface area contributed by atoms with Crippen LogP contribution in [0.4, 0.5) is 0 Å². The first-order valence-corrected chi connectivity index (χ1v) is 6.64. The van der Waals surface area contributed by atoms with Gasteiger partial charge in [0, 0.05) is 25.5 Å². The molecule has 0 spiro atoms. The zero-order valence-electron chi connectivity index (χ0n) is 11.6. The molecule has 0 aliphatic rings. The second-order valence-corrected chi connectivity index (χ2v) is 4.68. The van der Waals surface area contributed by atoms with E-state index in [9.17, 15) is 4.79 Å². The number of rotatable bonds is 6. The summed E-state index contributed by atoms with van der Waals surface area (Å²) in [6.07, 6.45) is 5.75. The lowest BCUT2D eigenvalue weighted by Gasteiger charge is -2.21. The maximum absolute atomic E-state index is 12.5. The summed E-state index contributed by atoms with van der Waals surface area (Å²) in [5, 5.41) is 0. The molecule has 2 rings (SSSR count). The van der Waals surface area contributed by atoms with Gasteiger partial charge in [-0.15, -0.1) is 0 Å². The van der Waals surface area contributed by atoms with Crippen LogP contribution < -0.4 is 5.73 Å². The third-order valence-electron chi connectivity index (χ3n) is 2.99. The van der Waals surface area contributed by atoms with Gasteiger partial charge in [-0.05, 0) is 37.6 Å². The highest BCUT2D eigenvalue weighted by Crippen LogP contribution is 2.13. The van der Waals surface area contributed by atoms with Gasteiger partial charge in [0.05, 0.1) is 5.56 Å². The number of aromatic nitrogens is 1. The Morgan fingerprint density at radius 3 is 2.95 bits per heavy atom. The smallest absolute Gasteiger partial charge is 0.257 e. The van der Waals surface area contributed by atoms with Crippen molar-refractivity contribution in [2.45, 2.75) is 19.9 Å². The molecule has 20 heavy (non-hydrogen) atoms. The summed E-state index contributed by atoms with van der Waals surface area (Å²) in [6, 6.07) is 5.57. The van der Waals surface area contributed by atoms with Gasteiger partial charge in [0.2, 0.25) is 0 Å². The van der Waals surface area contributed by atoms with Crippen molar-refractivity contribution in [2.75, 3.05) is 13.1 Å². The Labute approximate surface area is 118 Å². The molecular formula is C15H19N3O2. The minimum Gasteiger partial charge on any atom is -0.469 e. The van der Waals surface area contributed by atoms with Gasteiger partial charge in [0.15, 0.2) is 0 Å². The standard InChI is InChI=1S/C15H19N3O2/c1-12-8-14(11-20-12)15(19)18(7-3-5-16)10-13-4-2-6-17-9-13/h2,4,6,8-9,11H,3,5,7,10,16H2,1H3. The molecule has 5 heteroatoms. The number of pyridine rings is 1. The van der Waals surface area contributed by atoms with Crippen LogP contribution in [-0.2, 0) is 6.54 Å². The maximum Gasteiger partial charge on any atom is 0.257 e. The number of hydrogen-bond donors (Lipinski definition) is 1. The second-order valence-electron chi connectivity index (χ2n) is 4.68. The molecule has 0 fully saturated rings. The summed E-state index contributed by atoms with van der Waals surface area (Å²) in [6.45, 7) is 3.52. The van der Waals surface area contributed by atoms with E-state index in [1.165, 1.54) is 6.26 Å². The van der Waals surface area contributed by atoms with E-state index in [4.69, 9.17) is 10.2 Å². The minimum absolute atomic E-state index is 0.0425. The summed E-state index contributed by atoms with van der Waals surface area (Å²) in [5.74, 6) is 0.688. The fourth-order valence-electron chi connectivity index (χ4n) is 1.98. The van der Waals surface area contributed by atoms with Gasteiger partial charge >= 0.3 is 0 Å². The average molecular weight is 273 g/mol. The summed E-state index contributed by atoms with van der Waals surface area (Å²) in [4.78, 5) is 18.3. The predicted octanol–water partition coefficient (Wildman–Crippen LogP) is 1.97. The van der Waals surface area contributed by atoms with Crippen molar-refractivity contribution in [3.05, 3.63) is 53.7 Å². The Morgan fingerprint density at radius 1 is 1.50 bits per heavy atom. The Hall–Kier alpha value is -2.14. The molecule has 0 aliphatic heterocycles. The van der Waals surface area contributed by atoms with Crippen molar-refractivity contribution in [3.8, 4) is 0 Å². The molecule has 0 aromatic carbocycles. The van der Waals surface area contributed by atoms with Crippen LogP contribution in [0.3, 0.4) is 0 Å². The molecule has 0 saturated carbocycles. The average Bonchev–Trinajstić information content (AvgIpc) is 2.90. The zero-order valence-corrected chi connectivity index (χ0v) is 11.6. The largest absolute Gasteiger partial charge is 0.469 e. The second kappa shape index (κ2) is 6.86. The number of nitrogens with two attached hydrogens (primary N) is 1. The molecule has 2 aromatic rings. The fourth-order valence-corrected chi connectivity index (χ4v) is 1.98. The zero-order chi connectivity index (χ0) is 14.4. The lowest BCUT2D eigenvalue weighted by Crippen LogP contribution is -2.32.